The first-order chi connectivity index (χ1) is 6.02. The van der Waals surface area contributed by atoms with Crippen LogP contribution in [0.2, 0.25) is 5.02 Å². The van der Waals surface area contributed by atoms with Crippen LogP contribution in [0.3, 0.4) is 0 Å². The monoisotopic (exact) mass is 199 g/mol. The topological polar surface area (TPSA) is 46.1 Å². The predicted octanol–water partition coefficient (Wildman–Crippen LogP) is 1.14. The van der Waals surface area contributed by atoms with Crippen LogP contribution in [0.25, 0.3) is 0 Å². The Hall–Kier alpha value is -1.16. The number of halogens is 1. The molecule has 0 saturated carbocycles. The van der Waals surface area contributed by atoms with E-state index in [0.29, 0.717) is 5.82 Å². The van der Waals surface area contributed by atoms with Crippen molar-refractivity contribution >= 4 is 17.5 Å². The molecule has 0 saturated heterocycles. The molecule has 0 atom stereocenters. The molecule has 1 aromatic heterocycles. The highest BCUT2D eigenvalue weighted by Gasteiger charge is 2.14. The lowest BCUT2D eigenvalue weighted by Crippen LogP contribution is -2.23. The van der Waals surface area contributed by atoms with Crippen LogP contribution in [0.15, 0.2) is 6.20 Å². The second kappa shape index (κ2) is 3.70. The van der Waals surface area contributed by atoms with Gasteiger partial charge < -0.3 is 4.90 Å². The van der Waals surface area contributed by atoms with Crippen molar-refractivity contribution in [2.45, 2.75) is 6.92 Å². The molecular weight excluding hydrogens is 190 g/mol. The highest BCUT2D eigenvalue weighted by Crippen LogP contribution is 2.13. The van der Waals surface area contributed by atoms with Crippen LogP contribution in [0.1, 0.15) is 16.3 Å². The van der Waals surface area contributed by atoms with E-state index >= 15 is 0 Å². The van der Waals surface area contributed by atoms with Crippen LogP contribution in [-0.2, 0) is 0 Å². The van der Waals surface area contributed by atoms with E-state index < -0.39 is 0 Å². The minimum Gasteiger partial charge on any atom is -0.343 e. The van der Waals surface area contributed by atoms with Crippen LogP contribution in [0.5, 0.6) is 0 Å². The third-order valence-corrected chi connectivity index (χ3v) is 1.75. The SMILES string of the molecule is Cc1ncc(Cl)c(C(=O)N(C)C)n1. The van der Waals surface area contributed by atoms with Gasteiger partial charge in [-0.15, -0.1) is 0 Å². The van der Waals surface area contributed by atoms with Gasteiger partial charge in [-0.2, -0.15) is 0 Å². The number of amides is 1. The van der Waals surface area contributed by atoms with Gasteiger partial charge in [-0.25, -0.2) is 9.97 Å². The first-order valence-corrected chi connectivity index (χ1v) is 4.11. The van der Waals surface area contributed by atoms with Gasteiger partial charge in [0, 0.05) is 14.1 Å². The lowest BCUT2D eigenvalue weighted by molar-refractivity contribution is 0.0821. The third kappa shape index (κ3) is 2.15. The van der Waals surface area contributed by atoms with Crippen LogP contribution in [0.4, 0.5) is 0 Å². The largest absolute Gasteiger partial charge is 0.343 e. The Morgan fingerprint density at radius 2 is 2.15 bits per heavy atom. The average Bonchev–Trinajstić information content (AvgIpc) is 2.08. The van der Waals surface area contributed by atoms with Gasteiger partial charge in [0.1, 0.15) is 5.82 Å². The van der Waals surface area contributed by atoms with Gasteiger partial charge in [-0.3, -0.25) is 4.79 Å². The summed E-state index contributed by atoms with van der Waals surface area (Å²) in [7, 11) is 3.30. The normalized spacial score (nSPS) is 9.85. The number of hydrogen-bond donors (Lipinski definition) is 0. The molecule has 1 heterocycles. The van der Waals surface area contributed by atoms with Crippen LogP contribution in [-0.4, -0.2) is 34.9 Å². The zero-order valence-corrected chi connectivity index (χ0v) is 8.46. The fraction of sp³-hybridized carbons (Fsp3) is 0.375. The molecule has 0 radical (unpaired) electrons. The number of aryl methyl sites for hydroxylation is 1. The van der Waals surface area contributed by atoms with Gasteiger partial charge in [0.05, 0.1) is 11.2 Å². The van der Waals surface area contributed by atoms with Gasteiger partial charge in [-0.1, -0.05) is 11.6 Å². The van der Waals surface area contributed by atoms with Crippen molar-refractivity contribution in [3.8, 4) is 0 Å². The fourth-order valence-electron chi connectivity index (χ4n) is 0.817. The molecule has 1 rings (SSSR count). The lowest BCUT2D eigenvalue weighted by atomic mass is 10.3. The summed E-state index contributed by atoms with van der Waals surface area (Å²) < 4.78 is 0. The van der Waals surface area contributed by atoms with Gasteiger partial charge in [0.15, 0.2) is 5.69 Å². The Labute approximate surface area is 81.6 Å². The van der Waals surface area contributed by atoms with Crippen molar-refractivity contribution in [2.75, 3.05) is 14.1 Å². The second-order valence-corrected chi connectivity index (χ2v) is 3.22. The van der Waals surface area contributed by atoms with E-state index in [9.17, 15) is 4.79 Å². The molecule has 0 unspecified atom stereocenters. The van der Waals surface area contributed by atoms with Crippen molar-refractivity contribution in [1.82, 2.24) is 14.9 Å². The van der Waals surface area contributed by atoms with Crippen LogP contribution >= 0.6 is 11.6 Å². The molecule has 70 valence electrons. The van der Waals surface area contributed by atoms with E-state index in [0.717, 1.165) is 0 Å². The molecular formula is C8H10ClN3O. The predicted molar refractivity (Wildman–Crippen MR) is 49.8 cm³/mol. The summed E-state index contributed by atoms with van der Waals surface area (Å²) in [5.74, 6) is 0.324. The number of aromatic nitrogens is 2. The van der Waals surface area contributed by atoms with E-state index in [1.807, 2.05) is 0 Å². The van der Waals surface area contributed by atoms with E-state index in [2.05, 4.69) is 9.97 Å². The Balaban J connectivity index is 3.13. The molecule has 0 aromatic carbocycles. The van der Waals surface area contributed by atoms with E-state index in [1.54, 1.807) is 21.0 Å². The molecule has 0 aliphatic heterocycles. The Morgan fingerprint density at radius 1 is 1.54 bits per heavy atom. The maximum atomic E-state index is 11.5. The molecule has 13 heavy (non-hydrogen) atoms. The summed E-state index contributed by atoms with van der Waals surface area (Å²) in [4.78, 5) is 20.7. The standard InChI is InChI=1S/C8H10ClN3O/c1-5-10-4-6(9)7(11-5)8(13)12(2)3/h4H,1-3H3. The second-order valence-electron chi connectivity index (χ2n) is 2.81. The zero-order chi connectivity index (χ0) is 10.0. The van der Waals surface area contributed by atoms with Crippen LogP contribution < -0.4 is 0 Å². The molecule has 0 fully saturated rings. The summed E-state index contributed by atoms with van der Waals surface area (Å²) in [6.45, 7) is 1.71. The fourth-order valence-corrected chi connectivity index (χ4v) is 0.989. The van der Waals surface area contributed by atoms with E-state index in [1.165, 1.54) is 11.1 Å². The average molecular weight is 200 g/mol. The van der Waals surface area contributed by atoms with E-state index in [4.69, 9.17) is 11.6 Å². The Morgan fingerprint density at radius 3 is 2.69 bits per heavy atom. The highest BCUT2D eigenvalue weighted by atomic mass is 35.5. The smallest absolute Gasteiger partial charge is 0.273 e. The van der Waals surface area contributed by atoms with Crippen molar-refractivity contribution in [3.05, 3.63) is 22.7 Å². The number of hydrogen-bond acceptors (Lipinski definition) is 3. The van der Waals surface area contributed by atoms with Gasteiger partial charge in [0.2, 0.25) is 0 Å². The van der Waals surface area contributed by atoms with Crippen molar-refractivity contribution in [3.63, 3.8) is 0 Å². The summed E-state index contributed by atoms with van der Waals surface area (Å²) in [5, 5.41) is 0.282. The Kier molecular flexibility index (Phi) is 2.83. The number of nitrogens with zero attached hydrogens (tertiary/aromatic N) is 3. The highest BCUT2D eigenvalue weighted by molar-refractivity contribution is 6.33. The number of rotatable bonds is 1. The third-order valence-electron chi connectivity index (χ3n) is 1.47. The molecule has 0 aliphatic carbocycles. The minimum atomic E-state index is -0.212. The Bertz CT molecular complexity index is 338. The molecule has 0 spiro atoms. The summed E-state index contributed by atoms with van der Waals surface area (Å²) >= 11 is 5.76. The summed E-state index contributed by atoms with van der Waals surface area (Å²) in [6.07, 6.45) is 1.43. The van der Waals surface area contributed by atoms with Crippen LogP contribution in [0, 0.1) is 6.92 Å². The van der Waals surface area contributed by atoms with Crippen molar-refractivity contribution in [1.29, 1.82) is 0 Å². The molecule has 1 amide bonds. The van der Waals surface area contributed by atoms with Gasteiger partial charge >= 0.3 is 0 Å². The van der Waals surface area contributed by atoms with Crippen molar-refractivity contribution in [2.24, 2.45) is 0 Å². The van der Waals surface area contributed by atoms with Crippen molar-refractivity contribution < 1.29 is 4.79 Å². The molecule has 4 nitrogen and oxygen atoms in total. The number of carbonyl (C=O) groups is 1. The quantitative estimate of drug-likeness (QED) is 0.682. The zero-order valence-electron chi connectivity index (χ0n) is 7.71. The molecule has 0 aliphatic rings. The van der Waals surface area contributed by atoms with Gasteiger partial charge in [-0.05, 0) is 6.92 Å². The summed E-state index contributed by atoms with van der Waals surface area (Å²) in [6, 6.07) is 0. The lowest BCUT2D eigenvalue weighted by Gasteiger charge is -2.10. The number of carbonyl (C=O) groups excluding carboxylic acids is 1. The maximum absolute atomic E-state index is 11.5. The summed E-state index contributed by atoms with van der Waals surface area (Å²) in [5.41, 5.74) is 0.249. The first-order valence-electron chi connectivity index (χ1n) is 3.73. The molecule has 0 bridgehead atoms. The maximum Gasteiger partial charge on any atom is 0.273 e. The van der Waals surface area contributed by atoms with Gasteiger partial charge in [0.25, 0.3) is 5.91 Å². The minimum absolute atomic E-state index is 0.212. The molecule has 0 N–H and O–H groups in total. The first kappa shape index (κ1) is 9.92. The van der Waals surface area contributed by atoms with E-state index in [-0.39, 0.29) is 16.6 Å². The molecule has 5 heteroatoms. The molecule has 1 aromatic rings.